The van der Waals surface area contributed by atoms with Gasteiger partial charge in [-0.3, -0.25) is 14.8 Å². The smallest absolute Gasteiger partial charge is 0.223 e. The quantitative estimate of drug-likeness (QED) is 0.882. The van der Waals surface area contributed by atoms with E-state index in [1.54, 1.807) is 0 Å². The second-order valence-electron chi connectivity index (χ2n) is 7.93. The molecule has 2 aliphatic rings. The van der Waals surface area contributed by atoms with Gasteiger partial charge in [-0.2, -0.15) is 5.10 Å². The molecular weight excluding hydrogens is 338 g/mol. The van der Waals surface area contributed by atoms with Gasteiger partial charge in [0.25, 0.3) is 0 Å². The van der Waals surface area contributed by atoms with Gasteiger partial charge in [0.2, 0.25) is 5.91 Å². The Hall–Kier alpha value is -2.21. The zero-order valence-electron chi connectivity index (χ0n) is 16.1. The van der Waals surface area contributed by atoms with Crippen molar-refractivity contribution in [1.29, 1.82) is 0 Å². The van der Waals surface area contributed by atoms with Crippen molar-refractivity contribution in [2.75, 3.05) is 19.6 Å². The number of aromatic nitrogens is 3. The number of nitrogens with one attached hydrogen (secondary N) is 1. The van der Waals surface area contributed by atoms with Crippen LogP contribution in [0.3, 0.4) is 0 Å². The van der Waals surface area contributed by atoms with Crippen molar-refractivity contribution in [3.8, 4) is 0 Å². The van der Waals surface area contributed by atoms with E-state index in [-0.39, 0.29) is 11.9 Å². The number of carbonyl (C=O) groups is 1. The van der Waals surface area contributed by atoms with Gasteiger partial charge >= 0.3 is 0 Å². The van der Waals surface area contributed by atoms with Crippen LogP contribution in [0.1, 0.15) is 55.4 Å². The molecule has 2 aliphatic heterocycles. The Balaban J connectivity index is 1.28. The van der Waals surface area contributed by atoms with E-state index < -0.39 is 0 Å². The molecule has 1 N–H and O–H groups in total. The van der Waals surface area contributed by atoms with Crippen molar-refractivity contribution in [2.45, 2.75) is 51.6 Å². The lowest BCUT2D eigenvalue weighted by molar-refractivity contribution is -0.133. The Kier molecular flexibility index (Phi) is 5.53. The second-order valence-corrected chi connectivity index (χ2v) is 7.93. The molecule has 1 aromatic carbocycles. The first-order chi connectivity index (χ1) is 13.2. The Labute approximate surface area is 161 Å². The van der Waals surface area contributed by atoms with Crippen molar-refractivity contribution in [3.05, 3.63) is 47.5 Å². The fraction of sp³-hybridized carbons (Fsp3) is 0.571. The molecule has 3 heterocycles. The summed E-state index contributed by atoms with van der Waals surface area (Å²) in [5.74, 6) is 2.37. The van der Waals surface area contributed by atoms with Gasteiger partial charge in [0.05, 0.1) is 6.04 Å². The summed E-state index contributed by atoms with van der Waals surface area (Å²) in [5.41, 5.74) is 1.37. The lowest BCUT2D eigenvalue weighted by atomic mass is 9.92. The van der Waals surface area contributed by atoms with Gasteiger partial charge in [-0.05, 0) is 57.2 Å². The van der Waals surface area contributed by atoms with E-state index >= 15 is 0 Å². The molecule has 2 fully saturated rings. The fourth-order valence-corrected chi connectivity index (χ4v) is 4.40. The highest BCUT2D eigenvalue weighted by molar-refractivity contribution is 5.77. The lowest BCUT2D eigenvalue weighted by Gasteiger charge is -2.33. The average Bonchev–Trinajstić information content (AvgIpc) is 3.33. The summed E-state index contributed by atoms with van der Waals surface area (Å²) in [4.78, 5) is 21.9. The summed E-state index contributed by atoms with van der Waals surface area (Å²) < 4.78 is 0. The molecule has 0 saturated carbocycles. The molecule has 1 atom stereocenters. The minimum absolute atomic E-state index is 0.0561. The van der Waals surface area contributed by atoms with Crippen LogP contribution in [0.4, 0.5) is 0 Å². The van der Waals surface area contributed by atoms with Crippen LogP contribution in [0, 0.1) is 12.8 Å². The number of carbonyl (C=O) groups excluding carboxylic acids is 1. The van der Waals surface area contributed by atoms with Crippen LogP contribution in [-0.2, 0) is 11.3 Å². The predicted molar refractivity (Wildman–Crippen MR) is 104 cm³/mol. The molecule has 1 amide bonds. The highest BCUT2D eigenvalue weighted by atomic mass is 16.2. The number of hydrogen-bond donors (Lipinski definition) is 1. The summed E-state index contributed by atoms with van der Waals surface area (Å²) in [6, 6.07) is 10.7. The molecule has 2 aromatic rings. The molecular formula is C21H29N5O. The molecule has 144 valence electrons. The first-order valence-corrected chi connectivity index (χ1v) is 10.1. The van der Waals surface area contributed by atoms with Gasteiger partial charge in [-0.15, -0.1) is 0 Å². The van der Waals surface area contributed by atoms with E-state index in [0.717, 1.165) is 63.5 Å². The van der Waals surface area contributed by atoms with Gasteiger partial charge in [-0.1, -0.05) is 30.3 Å². The first-order valence-electron chi connectivity index (χ1n) is 10.1. The number of aromatic amines is 1. The number of aryl methyl sites for hydroxylation is 1. The molecule has 27 heavy (non-hydrogen) atoms. The normalized spacial score (nSPS) is 21.7. The molecule has 4 rings (SSSR count). The number of H-pyrrole nitrogens is 1. The number of piperidine rings is 1. The maximum absolute atomic E-state index is 12.9. The van der Waals surface area contributed by atoms with E-state index in [9.17, 15) is 4.79 Å². The third-order valence-corrected chi connectivity index (χ3v) is 5.91. The van der Waals surface area contributed by atoms with Crippen LogP contribution in [0.15, 0.2) is 30.3 Å². The molecule has 2 saturated heterocycles. The number of amides is 1. The predicted octanol–water partition coefficient (Wildman–Crippen LogP) is 3.08. The van der Waals surface area contributed by atoms with E-state index in [4.69, 9.17) is 0 Å². The van der Waals surface area contributed by atoms with Crippen molar-refractivity contribution in [3.63, 3.8) is 0 Å². The van der Waals surface area contributed by atoms with E-state index in [0.29, 0.717) is 12.3 Å². The zero-order chi connectivity index (χ0) is 18.6. The van der Waals surface area contributed by atoms with Gasteiger partial charge in [-0.25, -0.2) is 4.98 Å². The average molecular weight is 367 g/mol. The van der Waals surface area contributed by atoms with E-state index in [1.165, 1.54) is 5.56 Å². The van der Waals surface area contributed by atoms with Crippen LogP contribution in [0.2, 0.25) is 0 Å². The number of rotatable bonds is 5. The third kappa shape index (κ3) is 4.38. The maximum Gasteiger partial charge on any atom is 0.223 e. The number of likely N-dealkylation sites (tertiary alicyclic amines) is 2. The highest BCUT2D eigenvalue weighted by Gasteiger charge is 2.34. The summed E-state index contributed by atoms with van der Waals surface area (Å²) in [7, 11) is 0. The molecule has 0 spiro atoms. The fourth-order valence-electron chi connectivity index (χ4n) is 4.40. The molecule has 0 radical (unpaired) electrons. The van der Waals surface area contributed by atoms with Gasteiger partial charge in [0.15, 0.2) is 5.82 Å². The summed E-state index contributed by atoms with van der Waals surface area (Å²) in [6.45, 7) is 5.91. The van der Waals surface area contributed by atoms with Gasteiger partial charge in [0.1, 0.15) is 5.82 Å². The van der Waals surface area contributed by atoms with E-state index in [2.05, 4.69) is 50.4 Å². The summed E-state index contributed by atoms with van der Waals surface area (Å²) in [5, 5.41) is 7.20. The SMILES string of the molecule is Cc1nc([C@@H]2CCCN2C(=O)CC2CCN(Cc3ccccc3)CC2)n[nH]1. The number of nitrogens with zero attached hydrogens (tertiary/aromatic N) is 4. The van der Waals surface area contributed by atoms with Gasteiger partial charge < -0.3 is 4.90 Å². The van der Waals surface area contributed by atoms with Gasteiger partial charge in [0, 0.05) is 19.5 Å². The zero-order valence-corrected chi connectivity index (χ0v) is 16.1. The maximum atomic E-state index is 12.9. The molecule has 0 unspecified atom stereocenters. The second kappa shape index (κ2) is 8.21. The summed E-state index contributed by atoms with van der Waals surface area (Å²) in [6.07, 6.45) is 4.89. The Morgan fingerprint density at radius 2 is 1.93 bits per heavy atom. The highest BCUT2D eigenvalue weighted by Crippen LogP contribution is 2.32. The first kappa shape index (κ1) is 18.2. The van der Waals surface area contributed by atoms with Crippen LogP contribution in [0.25, 0.3) is 0 Å². The third-order valence-electron chi connectivity index (χ3n) is 5.91. The van der Waals surface area contributed by atoms with Crippen LogP contribution in [-0.4, -0.2) is 50.5 Å². The van der Waals surface area contributed by atoms with E-state index in [1.807, 2.05) is 11.8 Å². The Bertz CT molecular complexity index is 751. The number of hydrogen-bond acceptors (Lipinski definition) is 4. The minimum Gasteiger partial charge on any atom is -0.332 e. The summed E-state index contributed by atoms with van der Waals surface area (Å²) >= 11 is 0. The molecule has 6 heteroatoms. The van der Waals surface area contributed by atoms with Crippen LogP contribution < -0.4 is 0 Å². The molecule has 0 bridgehead atoms. The topological polar surface area (TPSA) is 65.1 Å². The van der Waals surface area contributed by atoms with Crippen molar-refractivity contribution in [2.24, 2.45) is 5.92 Å². The van der Waals surface area contributed by atoms with Crippen molar-refractivity contribution in [1.82, 2.24) is 25.0 Å². The molecule has 0 aliphatic carbocycles. The van der Waals surface area contributed by atoms with Crippen LogP contribution >= 0.6 is 0 Å². The monoisotopic (exact) mass is 367 g/mol. The minimum atomic E-state index is 0.0561. The van der Waals surface area contributed by atoms with Crippen molar-refractivity contribution >= 4 is 5.91 Å². The largest absolute Gasteiger partial charge is 0.332 e. The molecule has 6 nitrogen and oxygen atoms in total. The van der Waals surface area contributed by atoms with Crippen LogP contribution in [0.5, 0.6) is 0 Å². The Morgan fingerprint density at radius 1 is 1.15 bits per heavy atom. The number of benzene rings is 1. The standard InChI is InChI=1S/C21H29N5O/c1-16-22-21(24-23-16)19-8-5-11-26(19)20(27)14-17-9-12-25(13-10-17)15-18-6-3-2-4-7-18/h2-4,6-7,17,19H,5,8-15H2,1H3,(H,22,23,24)/t19-/m0/s1. The van der Waals surface area contributed by atoms with Crippen molar-refractivity contribution < 1.29 is 4.79 Å². The molecule has 1 aromatic heterocycles. The lowest BCUT2D eigenvalue weighted by Crippen LogP contribution is -2.37. The Morgan fingerprint density at radius 3 is 2.63 bits per heavy atom.